The maximum Gasteiger partial charge on any atom is 0.322 e. The molecule has 0 amide bonds. The van der Waals surface area contributed by atoms with Crippen LogP contribution in [0.3, 0.4) is 0 Å². The largest absolute Gasteiger partial charge is 0.461 e. The molecule has 0 aliphatic rings. The van der Waals surface area contributed by atoms with Crippen LogP contribution in [0.2, 0.25) is 5.02 Å². The van der Waals surface area contributed by atoms with Gasteiger partial charge in [0.15, 0.2) is 5.16 Å². The predicted molar refractivity (Wildman–Crippen MR) is 84.4 cm³/mol. The number of ether oxygens (including phenoxy) is 1. The molecule has 0 spiro atoms. The number of halogens is 1. The Labute approximate surface area is 132 Å². The predicted octanol–water partition coefficient (Wildman–Crippen LogP) is 2.89. The zero-order valence-corrected chi connectivity index (χ0v) is 13.3. The molecule has 8 heteroatoms. The smallest absolute Gasteiger partial charge is 0.322 e. The van der Waals surface area contributed by atoms with Crippen molar-refractivity contribution in [1.82, 2.24) is 15.0 Å². The molecule has 0 unspecified atom stereocenters. The number of aromatic nitrogens is 3. The summed E-state index contributed by atoms with van der Waals surface area (Å²) >= 11 is 7.33. The fourth-order valence-corrected chi connectivity index (χ4v) is 2.37. The van der Waals surface area contributed by atoms with Crippen LogP contribution >= 0.6 is 23.4 Å². The Balaban J connectivity index is 2.09. The van der Waals surface area contributed by atoms with E-state index < -0.39 is 0 Å². The average molecular weight is 326 g/mol. The van der Waals surface area contributed by atoms with Gasteiger partial charge in [-0.25, -0.2) is 5.84 Å². The number of hydrazine groups is 1. The van der Waals surface area contributed by atoms with Gasteiger partial charge in [0.1, 0.15) is 0 Å². The van der Waals surface area contributed by atoms with Crippen molar-refractivity contribution in [3.05, 3.63) is 34.9 Å². The molecule has 0 radical (unpaired) electrons. The minimum atomic E-state index is -0.0212. The number of thioether (sulfide) groups is 1. The summed E-state index contributed by atoms with van der Waals surface area (Å²) in [6.45, 7) is 3.81. The fourth-order valence-electron chi connectivity index (χ4n) is 1.46. The highest BCUT2D eigenvalue weighted by Crippen LogP contribution is 2.22. The average Bonchev–Trinajstić information content (AvgIpc) is 2.45. The normalized spacial score (nSPS) is 10.7. The second-order valence-electron chi connectivity index (χ2n) is 4.45. The summed E-state index contributed by atoms with van der Waals surface area (Å²) < 4.78 is 5.48. The van der Waals surface area contributed by atoms with Crippen LogP contribution in [0.25, 0.3) is 0 Å². The van der Waals surface area contributed by atoms with Crippen molar-refractivity contribution in [3.63, 3.8) is 0 Å². The lowest BCUT2D eigenvalue weighted by Crippen LogP contribution is -2.15. The number of nitrogens with one attached hydrogen (secondary N) is 1. The van der Waals surface area contributed by atoms with E-state index in [0.29, 0.717) is 15.9 Å². The second-order valence-corrected chi connectivity index (χ2v) is 5.83. The molecular formula is C13H16ClN5OS. The minimum Gasteiger partial charge on any atom is -0.461 e. The molecule has 0 saturated carbocycles. The van der Waals surface area contributed by atoms with E-state index in [0.717, 1.165) is 5.56 Å². The first-order valence-corrected chi connectivity index (χ1v) is 7.70. The first kappa shape index (κ1) is 15.8. The maximum absolute atomic E-state index is 5.86. The topological polar surface area (TPSA) is 86.0 Å². The van der Waals surface area contributed by atoms with Crippen molar-refractivity contribution >= 4 is 29.3 Å². The Morgan fingerprint density at radius 3 is 2.57 bits per heavy atom. The SMILES string of the molecule is CC(C)Oc1nc(NN)nc(SCc2ccc(Cl)cc2)n1. The molecule has 1 aromatic carbocycles. The van der Waals surface area contributed by atoms with Crippen molar-refractivity contribution < 1.29 is 4.74 Å². The van der Waals surface area contributed by atoms with Gasteiger partial charge in [-0.05, 0) is 31.5 Å². The highest BCUT2D eigenvalue weighted by atomic mass is 35.5. The molecule has 2 aromatic rings. The van der Waals surface area contributed by atoms with Crippen molar-refractivity contribution in [1.29, 1.82) is 0 Å². The van der Waals surface area contributed by atoms with Gasteiger partial charge in [0.05, 0.1) is 6.10 Å². The van der Waals surface area contributed by atoms with Crippen LogP contribution in [-0.2, 0) is 5.75 Å². The molecule has 0 bridgehead atoms. The Bertz CT molecular complexity index is 594. The van der Waals surface area contributed by atoms with E-state index >= 15 is 0 Å². The van der Waals surface area contributed by atoms with Crippen molar-refractivity contribution in [2.75, 3.05) is 5.43 Å². The maximum atomic E-state index is 5.86. The number of anilines is 1. The first-order chi connectivity index (χ1) is 10.1. The van der Waals surface area contributed by atoms with Gasteiger partial charge in [-0.15, -0.1) is 0 Å². The Kier molecular flexibility index (Phi) is 5.60. The molecule has 6 nitrogen and oxygen atoms in total. The Morgan fingerprint density at radius 1 is 1.24 bits per heavy atom. The van der Waals surface area contributed by atoms with Crippen molar-refractivity contribution in [2.24, 2.45) is 5.84 Å². The van der Waals surface area contributed by atoms with E-state index in [1.165, 1.54) is 11.8 Å². The summed E-state index contributed by atoms with van der Waals surface area (Å²) in [4.78, 5) is 12.5. The Morgan fingerprint density at radius 2 is 1.95 bits per heavy atom. The van der Waals surface area contributed by atoms with Gasteiger partial charge < -0.3 is 4.74 Å². The van der Waals surface area contributed by atoms with Gasteiger partial charge in [0, 0.05) is 10.8 Å². The lowest BCUT2D eigenvalue weighted by Gasteiger charge is -2.09. The summed E-state index contributed by atoms with van der Waals surface area (Å²) in [5, 5.41) is 1.26. The third-order valence-corrected chi connectivity index (χ3v) is 3.52. The second kappa shape index (κ2) is 7.44. The molecule has 2 rings (SSSR count). The third-order valence-electron chi connectivity index (χ3n) is 2.35. The number of hydrogen-bond acceptors (Lipinski definition) is 7. The van der Waals surface area contributed by atoms with Crippen LogP contribution in [0.5, 0.6) is 6.01 Å². The van der Waals surface area contributed by atoms with Gasteiger partial charge >= 0.3 is 6.01 Å². The monoisotopic (exact) mass is 325 g/mol. The summed E-state index contributed by atoms with van der Waals surface area (Å²) in [7, 11) is 0. The van der Waals surface area contributed by atoms with Crippen LogP contribution in [0.15, 0.2) is 29.4 Å². The molecule has 1 heterocycles. The minimum absolute atomic E-state index is 0.0212. The number of nitrogen functional groups attached to an aromatic ring is 1. The highest BCUT2D eigenvalue weighted by molar-refractivity contribution is 7.98. The van der Waals surface area contributed by atoms with Gasteiger partial charge in [-0.1, -0.05) is 35.5 Å². The first-order valence-electron chi connectivity index (χ1n) is 6.33. The lowest BCUT2D eigenvalue weighted by atomic mass is 10.2. The molecule has 0 atom stereocenters. The number of hydrogen-bond donors (Lipinski definition) is 2. The number of benzene rings is 1. The van der Waals surface area contributed by atoms with Gasteiger partial charge in [-0.3, -0.25) is 5.43 Å². The van der Waals surface area contributed by atoms with Crippen LogP contribution in [-0.4, -0.2) is 21.1 Å². The molecule has 1 aromatic heterocycles. The zero-order valence-electron chi connectivity index (χ0n) is 11.7. The number of nitrogens with zero attached hydrogens (tertiary/aromatic N) is 3. The third kappa shape index (κ3) is 5.04. The summed E-state index contributed by atoms with van der Waals surface area (Å²) in [5.41, 5.74) is 3.54. The quantitative estimate of drug-likeness (QED) is 0.479. The van der Waals surface area contributed by atoms with Crippen molar-refractivity contribution in [3.8, 4) is 6.01 Å². The number of nitrogens with two attached hydrogens (primary N) is 1. The molecule has 0 aliphatic heterocycles. The molecule has 0 aliphatic carbocycles. The van der Waals surface area contributed by atoms with Gasteiger partial charge in [-0.2, -0.15) is 15.0 Å². The van der Waals surface area contributed by atoms with E-state index in [1.807, 2.05) is 38.1 Å². The molecule has 3 N–H and O–H groups in total. The number of rotatable bonds is 6. The van der Waals surface area contributed by atoms with Crippen LogP contribution < -0.4 is 16.0 Å². The van der Waals surface area contributed by atoms with E-state index in [1.54, 1.807) is 0 Å². The zero-order chi connectivity index (χ0) is 15.2. The Hall–Kier alpha value is -1.57. The standard InChI is InChI=1S/C13H16ClN5OS/c1-8(2)20-12-16-11(19-15)17-13(18-12)21-7-9-3-5-10(14)6-4-9/h3-6,8H,7,15H2,1-2H3,(H,16,17,18,19). The van der Waals surface area contributed by atoms with E-state index in [-0.39, 0.29) is 18.1 Å². The van der Waals surface area contributed by atoms with Crippen molar-refractivity contribution in [2.45, 2.75) is 30.9 Å². The molecule has 21 heavy (non-hydrogen) atoms. The van der Waals surface area contributed by atoms with Gasteiger partial charge in [0.25, 0.3) is 0 Å². The van der Waals surface area contributed by atoms with Gasteiger partial charge in [0.2, 0.25) is 5.95 Å². The molecule has 112 valence electrons. The van der Waals surface area contributed by atoms with E-state index in [9.17, 15) is 0 Å². The highest BCUT2D eigenvalue weighted by Gasteiger charge is 2.09. The summed E-state index contributed by atoms with van der Waals surface area (Å²) in [6.07, 6.45) is -0.0212. The fraction of sp³-hybridized carbons (Fsp3) is 0.308. The van der Waals surface area contributed by atoms with E-state index in [2.05, 4.69) is 20.4 Å². The summed E-state index contributed by atoms with van der Waals surface area (Å²) in [6, 6.07) is 7.89. The van der Waals surface area contributed by atoms with Crippen LogP contribution in [0.1, 0.15) is 19.4 Å². The molecular weight excluding hydrogens is 310 g/mol. The van der Waals surface area contributed by atoms with Crippen LogP contribution in [0, 0.1) is 0 Å². The van der Waals surface area contributed by atoms with E-state index in [4.69, 9.17) is 22.2 Å². The molecule has 0 saturated heterocycles. The summed E-state index contributed by atoms with van der Waals surface area (Å²) in [5.74, 6) is 6.35. The molecule has 0 fully saturated rings. The van der Waals surface area contributed by atoms with Crippen LogP contribution in [0.4, 0.5) is 5.95 Å². The lowest BCUT2D eigenvalue weighted by molar-refractivity contribution is 0.219.